The number of aliphatic carboxylic acids is 1. The van der Waals surface area contributed by atoms with Gasteiger partial charge in [-0.25, -0.2) is 8.42 Å². The predicted octanol–water partition coefficient (Wildman–Crippen LogP) is 1.88. The minimum atomic E-state index is -4.13. The molecule has 0 radical (unpaired) electrons. The summed E-state index contributed by atoms with van der Waals surface area (Å²) in [6.07, 6.45) is 1.39. The number of nitro benzene ring substituents is 1. The predicted molar refractivity (Wildman–Crippen MR) is 77.3 cm³/mol. The zero-order valence-electron chi connectivity index (χ0n) is 11.3. The van der Waals surface area contributed by atoms with Crippen LogP contribution in [-0.2, 0) is 14.8 Å². The normalized spacial score (nSPS) is 19.8. The Hall–Kier alpha value is -1.71. The van der Waals surface area contributed by atoms with Crippen LogP contribution >= 0.6 is 11.6 Å². The molecule has 0 spiro atoms. The van der Waals surface area contributed by atoms with Crippen molar-refractivity contribution < 1.29 is 23.2 Å². The largest absolute Gasteiger partial charge is 0.480 e. The number of sulfonamides is 1. The Morgan fingerprint density at radius 2 is 2.09 bits per heavy atom. The maximum absolute atomic E-state index is 12.6. The summed E-state index contributed by atoms with van der Waals surface area (Å²) < 4.78 is 26.1. The fourth-order valence-corrected chi connectivity index (χ4v) is 4.54. The van der Waals surface area contributed by atoms with Crippen molar-refractivity contribution in [1.82, 2.24) is 4.31 Å². The second kappa shape index (κ2) is 6.19. The first-order valence-corrected chi connectivity index (χ1v) is 8.25. The van der Waals surface area contributed by atoms with Gasteiger partial charge in [-0.05, 0) is 25.3 Å². The fourth-order valence-electron chi connectivity index (χ4n) is 2.38. The molecule has 1 unspecified atom stereocenters. The minimum Gasteiger partial charge on any atom is -0.480 e. The van der Waals surface area contributed by atoms with Crippen LogP contribution in [0.1, 0.15) is 19.3 Å². The molecular formula is C12H13ClN2O6S. The number of carbonyl (C=O) groups is 1. The van der Waals surface area contributed by atoms with Crippen molar-refractivity contribution in [3.63, 3.8) is 0 Å². The third kappa shape index (κ3) is 3.06. The van der Waals surface area contributed by atoms with Gasteiger partial charge in [-0.2, -0.15) is 4.31 Å². The first-order valence-electron chi connectivity index (χ1n) is 6.43. The van der Waals surface area contributed by atoms with Gasteiger partial charge in [0.15, 0.2) is 0 Å². The van der Waals surface area contributed by atoms with Crippen molar-refractivity contribution in [2.24, 2.45) is 0 Å². The Kier molecular flexibility index (Phi) is 4.69. The molecule has 1 saturated heterocycles. The third-order valence-corrected chi connectivity index (χ3v) is 5.84. The zero-order valence-corrected chi connectivity index (χ0v) is 12.9. The molecule has 1 heterocycles. The summed E-state index contributed by atoms with van der Waals surface area (Å²) in [5.41, 5.74) is -0.336. The molecule has 0 bridgehead atoms. The van der Waals surface area contributed by atoms with Crippen molar-refractivity contribution in [1.29, 1.82) is 0 Å². The summed E-state index contributed by atoms with van der Waals surface area (Å²) in [6, 6.07) is 1.85. The molecule has 1 N–H and O–H groups in total. The number of rotatable bonds is 4. The van der Waals surface area contributed by atoms with E-state index in [0.717, 1.165) is 22.5 Å². The number of benzene rings is 1. The number of hydrogen-bond acceptors (Lipinski definition) is 5. The number of hydrogen-bond donors (Lipinski definition) is 1. The first-order chi connectivity index (χ1) is 10.2. The van der Waals surface area contributed by atoms with E-state index in [4.69, 9.17) is 11.6 Å². The highest BCUT2D eigenvalue weighted by Gasteiger charge is 2.38. The van der Waals surface area contributed by atoms with Gasteiger partial charge in [-0.3, -0.25) is 14.9 Å². The van der Waals surface area contributed by atoms with Gasteiger partial charge >= 0.3 is 5.97 Å². The lowest BCUT2D eigenvalue weighted by atomic mass is 10.1. The van der Waals surface area contributed by atoms with E-state index in [1.807, 2.05) is 0 Å². The van der Waals surface area contributed by atoms with Crippen LogP contribution in [0.25, 0.3) is 0 Å². The van der Waals surface area contributed by atoms with Gasteiger partial charge in [-0.1, -0.05) is 11.6 Å². The summed E-state index contributed by atoms with van der Waals surface area (Å²) in [5, 5.41) is 19.5. The van der Waals surface area contributed by atoms with E-state index in [1.54, 1.807) is 0 Å². The van der Waals surface area contributed by atoms with E-state index in [1.165, 1.54) is 0 Å². The number of piperidine rings is 1. The molecule has 1 aliphatic heterocycles. The topological polar surface area (TPSA) is 118 Å². The van der Waals surface area contributed by atoms with Gasteiger partial charge in [0.25, 0.3) is 5.69 Å². The number of halogens is 1. The molecule has 1 aromatic rings. The molecule has 0 saturated carbocycles. The van der Waals surface area contributed by atoms with Crippen LogP contribution in [0.15, 0.2) is 23.1 Å². The smallest absolute Gasteiger partial charge is 0.322 e. The molecule has 10 heteroatoms. The van der Waals surface area contributed by atoms with Crippen LogP contribution in [0.3, 0.4) is 0 Å². The maximum Gasteiger partial charge on any atom is 0.322 e. The van der Waals surface area contributed by atoms with Gasteiger partial charge in [0.05, 0.1) is 9.95 Å². The van der Waals surface area contributed by atoms with Gasteiger partial charge < -0.3 is 5.11 Å². The van der Waals surface area contributed by atoms with Crippen LogP contribution in [0.5, 0.6) is 0 Å². The quantitative estimate of drug-likeness (QED) is 0.655. The Labute approximate surface area is 131 Å². The monoisotopic (exact) mass is 348 g/mol. The maximum atomic E-state index is 12.6. The average molecular weight is 349 g/mol. The van der Waals surface area contributed by atoms with Crippen LogP contribution in [0, 0.1) is 10.1 Å². The lowest BCUT2D eigenvalue weighted by Gasteiger charge is -2.32. The summed E-state index contributed by atoms with van der Waals surface area (Å²) in [6.45, 7) is 0.0760. The highest BCUT2D eigenvalue weighted by Crippen LogP contribution is 2.31. The highest BCUT2D eigenvalue weighted by molar-refractivity contribution is 7.89. The first kappa shape index (κ1) is 16.7. The van der Waals surface area contributed by atoms with Gasteiger partial charge in [0, 0.05) is 18.7 Å². The SMILES string of the molecule is O=C(O)C1CCCCN1S(=O)(=O)c1ccc([N+](=O)[O-])cc1Cl. The van der Waals surface area contributed by atoms with E-state index in [9.17, 15) is 28.4 Å². The molecule has 8 nitrogen and oxygen atoms in total. The van der Waals surface area contributed by atoms with Crippen LogP contribution in [0.4, 0.5) is 5.69 Å². The van der Waals surface area contributed by atoms with Crippen molar-refractivity contribution in [2.45, 2.75) is 30.2 Å². The Balaban J connectivity index is 2.45. The van der Waals surface area contributed by atoms with Gasteiger partial charge in [-0.15, -0.1) is 0 Å². The molecule has 0 aliphatic carbocycles. The number of nitro groups is 1. The van der Waals surface area contributed by atoms with Gasteiger partial charge in [0.1, 0.15) is 10.9 Å². The molecule has 22 heavy (non-hydrogen) atoms. The molecular weight excluding hydrogens is 336 g/mol. The minimum absolute atomic E-state index is 0.0760. The molecule has 0 aromatic heterocycles. The standard InChI is InChI=1S/C12H13ClN2O6S/c13-9-7-8(15(18)19)4-5-11(9)22(20,21)14-6-2-1-3-10(14)12(16)17/h4-5,7,10H,1-3,6H2,(H,16,17). The van der Waals surface area contributed by atoms with E-state index in [-0.39, 0.29) is 28.6 Å². The van der Waals surface area contributed by atoms with Crippen LogP contribution < -0.4 is 0 Å². The van der Waals surface area contributed by atoms with Crippen LogP contribution in [-0.4, -0.2) is 41.3 Å². The van der Waals surface area contributed by atoms with Gasteiger partial charge in [0.2, 0.25) is 10.0 Å². The van der Waals surface area contributed by atoms with E-state index >= 15 is 0 Å². The van der Waals surface area contributed by atoms with Crippen molar-refractivity contribution >= 4 is 33.3 Å². The zero-order chi connectivity index (χ0) is 16.5. The summed E-state index contributed by atoms with van der Waals surface area (Å²) in [4.78, 5) is 20.9. The van der Waals surface area contributed by atoms with E-state index in [0.29, 0.717) is 12.8 Å². The second-order valence-electron chi connectivity index (χ2n) is 4.84. The van der Waals surface area contributed by atoms with Crippen molar-refractivity contribution in [3.05, 3.63) is 33.3 Å². The lowest BCUT2D eigenvalue weighted by molar-refractivity contribution is -0.384. The lowest BCUT2D eigenvalue weighted by Crippen LogP contribution is -2.47. The number of carboxylic acids is 1. The average Bonchev–Trinajstić information content (AvgIpc) is 2.46. The fraction of sp³-hybridized carbons (Fsp3) is 0.417. The molecule has 1 aliphatic rings. The Morgan fingerprint density at radius 1 is 1.41 bits per heavy atom. The van der Waals surface area contributed by atoms with E-state index in [2.05, 4.69) is 0 Å². The summed E-state index contributed by atoms with van der Waals surface area (Å²) >= 11 is 5.85. The second-order valence-corrected chi connectivity index (χ2v) is 7.10. The van der Waals surface area contributed by atoms with Crippen LogP contribution in [0.2, 0.25) is 5.02 Å². The number of carboxylic acid groups (broad SMARTS) is 1. The molecule has 2 rings (SSSR count). The Morgan fingerprint density at radius 3 is 2.64 bits per heavy atom. The van der Waals surface area contributed by atoms with Crippen molar-refractivity contribution in [3.8, 4) is 0 Å². The van der Waals surface area contributed by atoms with E-state index < -0.39 is 27.0 Å². The summed E-state index contributed by atoms with van der Waals surface area (Å²) in [5.74, 6) is -1.22. The number of nitrogens with zero attached hydrogens (tertiary/aromatic N) is 2. The Bertz CT molecular complexity index is 720. The molecule has 1 aromatic carbocycles. The third-order valence-electron chi connectivity index (χ3n) is 3.45. The summed E-state index contributed by atoms with van der Waals surface area (Å²) in [7, 11) is -4.13. The highest BCUT2D eigenvalue weighted by atomic mass is 35.5. The molecule has 0 amide bonds. The molecule has 1 atom stereocenters. The van der Waals surface area contributed by atoms with Crippen molar-refractivity contribution in [2.75, 3.05) is 6.54 Å². The number of non-ortho nitro benzene ring substituents is 1. The molecule has 1 fully saturated rings. The molecule has 120 valence electrons.